The molecule has 1 fully saturated rings. The predicted molar refractivity (Wildman–Crippen MR) is 76.4 cm³/mol. The molecule has 0 unspecified atom stereocenters. The molecule has 1 aliphatic rings. The maximum atomic E-state index is 9.59. The van der Waals surface area contributed by atoms with Gasteiger partial charge in [0.15, 0.2) is 0 Å². The zero-order valence-corrected chi connectivity index (χ0v) is 11.2. The van der Waals surface area contributed by atoms with Crippen molar-refractivity contribution >= 4 is 23.6 Å². The second-order valence-corrected chi connectivity index (χ2v) is 5.36. The van der Waals surface area contributed by atoms with Crippen molar-refractivity contribution in [1.29, 1.82) is 5.26 Å². The van der Waals surface area contributed by atoms with Crippen molar-refractivity contribution in [3.63, 3.8) is 0 Å². The molecule has 0 amide bonds. The lowest BCUT2D eigenvalue weighted by Gasteiger charge is -2.24. The molecule has 0 spiro atoms. The molecule has 1 aromatic heterocycles. The van der Waals surface area contributed by atoms with E-state index < -0.39 is 7.12 Å². The van der Waals surface area contributed by atoms with Gasteiger partial charge in [-0.2, -0.15) is 5.26 Å². The highest BCUT2D eigenvalue weighted by atomic mass is 16.4. The number of rotatable bonds is 2. The minimum Gasteiger partial charge on any atom is -0.423 e. The predicted octanol–water partition coefficient (Wildman–Crippen LogP) is 1.09. The third-order valence-electron chi connectivity index (χ3n) is 4.07. The smallest absolute Gasteiger partial charge is 0.423 e. The molecule has 5 nitrogen and oxygen atoms in total. The molecule has 2 N–H and O–H groups in total. The number of benzene rings is 1. The fraction of sp³-hybridized carbons (Fsp3) is 0.429. The monoisotopic (exact) mass is 269 g/mol. The summed E-state index contributed by atoms with van der Waals surface area (Å²) in [7, 11) is -1.59. The van der Waals surface area contributed by atoms with Gasteiger partial charge < -0.3 is 14.6 Å². The Labute approximate surface area is 117 Å². The van der Waals surface area contributed by atoms with Crippen molar-refractivity contribution < 1.29 is 10.0 Å². The van der Waals surface area contributed by atoms with Gasteiger partial charge in [-0.1, -0.05) is 19.3 Å². The molecule has 0 saturated heterocycles. The van der Waals surface area contributed by atoms with E-state index in [0.717, 1.165) is 18.4 Å². The normalized spacial score (nSPS) is 16.2. The van der Waals surface area contributed by atoms with Crippen molar-refractivity contribution in [2.24, 2.45) is 0 Å². The van der Waals surface area contributed by atoms with Crippen LogP contribution in [0.15, 0.2) is 18.5 Å². The van der Waals surface area contributed by atoms with Gasteiger partial charge in [0, 0.05) is 11.5 Å². The highest BCUT2D eigenvalue weighted by molar-refractivity contribution is 6.61. The number of nitriles is 1. The van der Waals surface area contributed by atoms with Crippen LogP contribution >= 0.6 is 0 Å². The van der Waals surface area contributed by atoms with Gasteiger partial charge in [-0.3, -0.25) is 0 Å². The number of hydrogen-bond acceptors (Lipinski definition) is 4. The summed E-state index contributed by atoms with van der Waals surface area (Å²) >= 11 is 0. The Balaban J connectivity index is 2.17. The van der Waals surface area contributed by atoms with E-state index in [9.17, 15) is 10.0 Å². The Morgan fingerprint density at radius 2 is 2.00 bits per heavy atom. The van der Waals surface area contributed by atoms with Crippen LogP contribution in [0.25, 0.3) is 11.0 Å². The van der Waals surface area contributed by atoms with Gasteiger partial charge in [-0.15, -0.1) is 0 Å². The average Bonchev–Trinajstić information content (AvgIpc) is 2.90. The summed E-state index contributed by atoms with van der Waals surface area (Å²) < 4.78 is 2.05. The van der Waals surface area contributed by atoms with E-state index in [-0.39, 0.29) is 0 Å². The van der Waals surface area contributed by atoms with Gasteiger partial charge in [-0.25, -0.2) is 4.98 Å². The molecule has 0 radical (unpaired) electrons. The van der Waals surface area contributed by atoms with Crippen molar-refractivity contribution in [3.05, 3.63) is 24.0 Å². The summed E-state index contributed by atoms with van der Waals surface area (Å²) in [6.45, 7) is 0. The Morgan fingerprint density at radius 1 is 1.25 bits per heavy atom. The third-order valence-corrected chi connectivity index (χ3v) is 4.07. The SMILES string of the molecule is N#Cc1cc(B(O)O)c2c(c1)ncn2C1CCCCC1. The van der Waals surface area contributed by atoms with Crippen molar-refractivity contribution in [1.82, 2.24) is 9.55 Å². The van der Waals surface area contributed by atoms with Crippen LogP contribution in [0.4, 0.5) is 0 Å². The summed E-state index contributed by atoms with van der Waals surface area (Å²) in [6, 6.07) is 5.62. The molecular weight excluding hydrogens is 253 g/mol. The molecule has 1 aromatic carbocycles. The van der Waals surface area contributed by atoms with Crippen molar-refractivity contribution in [2.45, 2.75) is 38.1 Å². The van der Waals surface area contributed by atoms with Gasteiger partial charge in [0.1, 0.15) is 0 Å². The van der Waals surface area contributed by atoms with E-state index in [1.807, 2.05) is 10.6 Å². The number of imidazole rings is 1. The maximum absolute atomic E-state index is 9.59. The second-order valence-electron chi connectivity index (χ2n) is 5.36. The van der Waals surface area contributed by atoms with Crippen LogP contribution in [0.2, 0.25) is 0 Å². The molecule has 3 rings (SSSR count). The quantitative estimate of drug-likeness (QED) is 0.799. The van der Waals surface area contributed by atoms with Crippen LogP contribution in [-0.2, 0) is 0 Å². The van der Waals surface area contributed by atoms with Crippen LogP contribution in [-0.4, -0.2) is 26.7 Å². The molecule has 2 aromatic rings. The summed E-state index contributed by atoms with van der Waals surface area (Å²) in [5.41, 5.74) is 2.15. The van der Waals surface area contributed by atoms with Gasteiger partial charge in [0.05, 0.1) is 29.0 Å². The van der Waals surface area contributed by atoms with Crippen molar-refractivity contribution in [3.8, 4) is 6.07 Å². The molecule has 0 atom stereocenters. The first-order chi connectivity index (χ1) is 9.70. The maximum Gasteiger partial charge on any atom is 0.490 e. The molecule has 1 aliphatic carbocycles. The highest BCUT2D eigenvalue weighted by Gasteiger charge is 2.23. The summed E-state index contributed by atoms with van der Waals surface area (Å²) in [6.07, 6.45) is 7.58. The van der Waals surface area contributed by atoms with E-state index in [1.165, 1.54) is 25.3 Å². The van der Waals surface area contributed by atoms with Crippen LogP contribution < -0.4 is 5.46 Å². The minimum absolute atomic E-state index is 0.360. The van der Waals surface area contributed by atoms with Crippen LogP contribution in [0.3, 0.4) is 0 Å². The Bertz CT molecular complexity index is 669. The molecule has 20 heavy (non-hydrogen) atoms. The minimum atomic E-state index is -1.59. The summed E-state index contributed by atoms with van der Waals surface area (Å²) in [5, 5.41) is 28.2. The third kappa shape index (κ3) is 2.19. The van der Waals surface area contributed by atoms with E-state index in [0.29, 0.717) is 22.6 Å². The van der Waals surface area contributed by atoms with E-state index >= 15 is 0 Å². The van der Waals surface area contributed by atoms with Gasteiger partial charge in [0.2, 0.25) is 0 Å². The zero-order valence-electron chi connectivity index (χ0n) is 11.2. The van der Waals surface area contributed by atoms with E-state index in [4.69, 9.17) is 5.26 Å². The Kier molecular flexibility index (Phi) is 3.47. The molecule has 6 heteroatoms. The lowest BCUT2D eigenvalue weighted by Crippen LogP contribution is -2.32. The first-order valence-electron chi connectivity index (χ1n) is 6.97. The van der Waals surface area contributed by atoms with Gasteiger partial charge in [0.25, 0.3) is 0 Å². The Morgan fingerprint density at radius 3 is 2.65 bits per heavy atom. The van der Waals surface area contributed by atoms with E-state index in [1.54, 1.807) is 12.4 Å². The standard InChI is InChI=1S/C14H16BN3O2/c16-8-10-6-12(15(19)20)14-13(7-10)17-9-18(14)11-4-2-1-3-5-11/h6-7,9,11,19-20H,1-5H2. The molecule has 1 saturated carbocycles. The highest BCUT2D eigenvalue weighted by Crippen LogP contribution is 2.30. The molecule has 0 aliphatic heterocycles. The van der Waals surface area contributed by atoms with Crippen LogP contribution in [0, 0.1) is 11.3 Å². The summed E-state index contributed by atoms with van der Waals surface area (Å²) in [5.74, 6) is 0. The fourth-order valence-corrected chi connectivity index (χ4v) is 3.10. The second kappa shape index (κ2) is 5.27. The van der Waals surface area contributed by atoms with Crippen molar-refractivity contribution in [2.75, 3.05) is 0 Å². The van der Waals surface area contributed by atoms with Gasteiger partial charge >= 0.3 is 7.12 Å². The number of nitrogens with zero attached hydrogens (tertiary/aromatic N) is 3. The molecule has 102 valence electrons. The summed E-state index contributed by atoms with van der Waals surface area (Å²) in [4.78, 5) is 4.34. The molecule has 0 bridgehead atoms. The zero-order chi connectivity index (χ0) is 14.1. The first kappa shape index (κ1) is 13.2. The first-order valence-corrected chi connectivity index (χ1v) is 6.97. The molecule has 1 heterocycles. The lowest BCUT2D eigenvalue weighted by atomic mass is 9.78. The number of aromatic nitrogens is 2. The topological polar surface area (TPSA) is 82.1 Å². The van der Waals surface area contributed by atoms with Gasteiger partial charge in [-0.05, 0) is 25.0 Å². The van der Waals surface area contributed by atoms with Crippen LogP contribution in [0.5, 0.6) is 0 Å². The van der Waals surface area contributed by atoms with E-state index in [2.05, 4.69) is 4.98 Å². The number of hydrogen-bond donors (Lipinski definition) is 2. The average molecular weight is 269 g/mol. The Hall–Kier alpha value is -1.84. The fourth-order valence-electron chi connectivity index (χ4n) is 3.10. The number of fused-ring (bicyclic) bond motifs is 1. The van der Waals surface area contributed by atoms with Crippen LogP contribution in [0.1, 0.15) is 43.7 Å². The largest absolute Gasteiger partial charge is 0.490 e. The molecular formula is C14H16BN3O2. The lowest BCUT2D eigenvalue weighted by molar-refractivity contribution is 0.359.